The van der Waals surface area contributed by atoms with E-state index in [2.05, 4.69) is 5.10 Å². The van der Waals surface area contributed by atoms with E-state index >= 15 is 4.39 Å². The van der Waals surface area contributed by atoms with Crippen LogP contribution in [-0.4, -0.2) is 50.8 Å². The Balaban J connectivity index is 1.86. The van der Waals surface area contributed by atoms with Gasteiger partial charge in [0.1, 0.15) is 22.8 Å². The van der Waals surface area contributed by atoms with Crippen LogP contribution in [0.15, 0.2) is 70.3 Å². The lowest BCUT2D eigenvalue weighted by atomic mass is 10.1. The van der Waals surface area contributed by atoms with E-state index in [1.165, 1.54) is 36.1 Å². The Morgan fingerprint density at radius 2 is 1.61 bits per heavy atom. The quantitative estimate of drug-likeness (QED) is 0.235. The van der Waals surface area contributed by atoms with E-state index in [-0.39, 0.29) is 35.5 Å². The summed E-state index contributed by atoms with van der Waals surface area (Å²) in [6, 6.07) is 14.3. The summed E-state index contributed by atoms with van der Waals surface area (Å²) in [5, 5.41) is 4.58. The van der Waals surface area contributed by atoms with Gasteiger partial charge in [-0.15, -0.1) is 5.10 Å². The van der Waals surface area contributed by atoms with Crippen molar-refractivity contribution in [1.82, 2.24) is 23.8 Å². The molecule has 0 spiro atoms. The summed E-state index contributed by atoms with van der Waals surface area (Å²) in [5.41, 5.74) is -1.22. The standard InChI is InChI=1S/C32H30F3N5O4/c1-5-21(41)16-19-12-14-20(15-13-19)40-26(18-37(2)3)28-30(36-40)38(17-22-23(33)8-6-9-24(22)34)32(43)39(31(28)42)25-10-7-11-27(44-4)29(25)35/h6-15H,5,16-18H2,1-4H3. The first-order valence-corrected chi connectivity index (χ1v) is 13.8. The molecule has 5 aromatic rings. The van der Waals surface area contributed by atoms with Crippen LogP contribution < -0.4 is 16.0 Å². The van der Waals surface area contributed by atoms with Crippen molar-refractivity contribution in [2.45, 2.75) is 32.9 Å². The van der Waals surface area contributed by atoms with Gasteiger partial charge in [-0.1, -0.05) is 31.2 Å². The van der Waals surface area contributed by atoms with Gasteiger partial charge in [-0.2, -0.15) is 0 Å². The number of hydrogen-bond acceptors (Lipinski definition) is 6. The number of nitrogens with zero attached hydrogens (tertiary/aromatic N) is 5. The lowest BCUT2D eigenvalue weighted by Gasteiger charge is -2.15. The summed E-state index contributed by atoms with van der Waals surface area (Å²) in [6.07, 6.45) is 0.659. The van der Waals surface area contributed by atoms with E-state index in [1.54, 1.807) is 50.2 Å². The Morgan fingerprint density at radius 1 is 0.955 bits per heavy atom. The molecule has 0 radical (unpaired) electrons. The fraction of sp³-hybridized carbons (Fsp3) is 0.250. The monoisotopic (exact) mass is 605 g/mol. The van der Waals surface area contributed by atoms with E-state index in [1.807, 2.05) is 0 Å². The van der Waals surface area contributed by atoms with Gasteiger partial charge in [0, 0.05) is 24.9 Å². The number of carbonyl (C=O) groups is 1. The molecule has 5 rings (SSSR count). The van der Waals surface area contributed by atoms with Crippen molar-refractivity contribution in [3.05, 3.63) is 116 Å². The number of fused-ring (bicyclic) bond motifs is 1. The first kappa shape index (κ1) is 30.5. The summed E-state index contributed by atoms with van der Waals surface area (Å²) in [7, 11) is 4.79. The van der Waals surface area contributed by atoms with Crippen LogP contribution in [-0.2, 0) is 24.3 Å². The van der Waals surface area contributed by atoms with Crippen molar-refractivity contribution in [1.29, 1.82) is 0 Å². The minimum atomic E-state index is -1.05. The molecule has 0 aliphatic heterocycles. The van der Waals surface area contributed by atoms with Crippen LogP contribution in [0.1, 0.15) is 30.2 Å². The van der Waals surface area contributed by atoms with E-state index in [0.717, 1.165) is 22.3 Å². The van der Waals surface area contributed by atoms with Gasteiger partial charge >= 0.3 is 5.69 Å². The van der Waals surface area contributed by atoms with Crippen LogP contribution in [0.4, 0.5) is 13.2 Å². The molecule has 12 heteroatoms. The van der Waals surface area contributed by atoms with Crippen LogP contribution in [0, 0.1) is 17.5 Å². The van der Waals surface area contributed by atoms with Crippen molar-refractivity contribution >= 4 is 16.8 Å². The molecule has 0 fully saturated rings. The van der Waals surface area contributed by atoms with Gasteiger partial charge in [0.2, 0.25) is 0 Å². The number of methoxy groups -OCH3 is 1. The molecule has 0 aliphatic rings. The Kier molecular flexibility index (Phi) is 8.54. The maximum atomic E-state index is 15.5. The van der Waals surface area contributed by atoms with Crippen LogP contribution in [0.5, 0.6) is 5.75 Å². The Morgan fingerprint density at radius 3 is 2.23 bits per heavy atom. The van der Waals surface area contributed by atoms with Gasteiger partial charge in [-0.25, -0.2) is 27.2 Å². The molecule has 2 heterocycles. The summed E-state index contributed by atoms with van der Waals surface area (Å²) in [6.45, 7) is 1.32. The smallest absolute Gasteiger partial charge is 0.337 e. The molecule has 0 bridgehead atoms. The number of rotatable bonds is 10. The van der Waals surface area contributed by atoms with E-state index in [9.17, 15) is 23.2 Å². The Hall–Kier alpha value is -4.97. The molecule has 0 amide bonds. The Bertz CT molecular complexity index is 1970. The highest BCUT2D eigenvalue weighted by molar-refractivity contribution is 5.81. The summed E-state index contributed by atoms with van der Waals surface area (Å²) < 4.78 is 53.4. The summed E-state index contributed by atoms with van der Waals surface area (Å²) in [5.74, 6) is -2.89. The number of hydrogen-bond donors (Lipinski definition) is 0. The topological polar surface area (TPSA) is 91.4 Å². The lowest BCUT2D eigenvalue weighted by molar-refractivity contribution is -0.118. The normalized spacial score (nSPS) is 11.5. The minimum Gasteiger partial charge on any atom is -0.494 e. The third-order valence-corrected chi connectivity index (χ3v) is 7.28. The number of Topliss-reactive ketones (excluding diaryl/α,β-unsaturated/α-hetero) is 1. The predicted octanol–water partition coefficient (Wildman–Crippen LogP) is 4.40. The first-order chi connectivity index (χ1) is 21.0. The van der Waals surface area contributed by atoms with Gasteiger partial charge in [-0.05, 0) is 56.1 Å². The number of halogens is 3. The molecule has 228 valence electrons. The van der Waals surface area contributed by atoms with Crippen LogP contribution in [0.3, 0.4) is 0 Å². The van der Waals surface area contributed by atoms with Gasteiger partial charge in [-0.3, -0.25) is 14.2 Å². The van der Waals surface area contributed by atoms with E-state index < -0.39 is 46.5 Å². The molecule has 3 aromatic carbocycles. The fourth-order valence-electron chi connectivity index (χ4n) is 5.05. The number of ketones is 1. The maximum absolute atomic E-state index is 15.5. The number of aromatic nitrogens is 4. The molecule has 44 heavy (non-hydrogen) atoms. The number of carbonyl (C=O) groups excluding carboxylic acids is 1. The predicted molar refractivity (Wildman–Crippen MR) is 159 cm³/mol. The molecule has 9 nitrogen and oxygen atoms in total. The van der Waals surface area contributed by atoms with Crippen molar-refractivity contribution in [3.63, 3.8) is 0 Å². The molecular weight excluding hydrogens is 575 g/mol. The van der Waals surface area contributed by atoms with E-state index in [4.69, 9.17) is 4.74 Å². The first-order valence-electron chi connectivity index (χ1n) is 13.8. The van der Waals surface area contributed by atoms with Gasteiger partial charge in [0.25, 0.3) is 5.56 Å². The zero-order valence-corrected chi connectivity index (χ0v) is 24.6. The highest BCUT2D eigenvalue weighted by Crippen LogP contribution is 2.25. The second-order valence-electron chi connectivity index (χ2n) is 10.5. The zero-order chi connectivity index (χ0) is 31.7. The largest absolute Gasteiger partial charge is 0.494 e. The third kappa shape index (κ3) is 5.55. The third-order valence-electron chi connectivity index (χ3n) is 7.28. The SMILES string of the molecule is CCC(=O)Cc1ccc(-n2nc3c(c2CN(C)C)c(=O)n(-c2cccc(OC)c2F)c(=O)n3Cc2c(F)cccc2F)cc1. The second-order valence-corrected chi connectivity index (χ2v) is 10.5. The van der Waals surface area contributed by atoms with Crippen molar-refractivity contribution in [3.8, 4) is 17.1 Å². The lowest BCUT2D eigenvalue weighted by Crippen LogP contribution is -2.40. The molecule has 0 atom stereocenters. The van der Waals surface area contributed by atoms with Crippen LogP contribution in [0.2, 0.25) is 0 Å². The summed E-state index contributed by atoms with van der Waals surface area (Å²) in [4.78, 5) is 41.9. The number of ether oxygens (including phenoxy) is 1. The van der Waals surface area contributed by atoms with Crippen molar-refractivity contribution in [2.75, 3.05) is 21.2 Å². The van der Waals surface area contributed by atoms with Gasteiger partial charge in [0.15, 0.2) is 17.2 Å². The van der Waals surface area contributed by atoms with Crippen molar-refractivity contribution < 1.29 is 22.7 Å². The molecule has 0 aliphatic carbocycles. The van der Waals surface area contributed by atoms with Crippen molar-refractivity contribution in [2.24, 2.45) is 0 Å². The molecule has 0 saturated heterocycles. The minimum absolute atomic E-state index is 0.0393. The highest BCUT2D eigenvalue weighted by atomic mass is 19.1. The fourth-order valence-corrected chi connectivity index (χ4v) is 5.05. The zero-order valence-electron chi connectivity index (χ0n) is 24.6. The van der Waals surface area contributed by atoms with Gasteiger partial charge in [0.05, 0.1) is 30.7 Å². The second kappa shape index (κ2) is 12.3. The maximum Gasteiger partial charge on any atom is 0.337 e. The summed E-state index contributed by atoms with van der Waals surface area (Å²) >= 11 is 0. The Labute approximate surface area is 250 Å². The van der Waals surface area contributed by atoms with E-state index in [0.29, 0.717) is 22.4 Å². The molecule has 0 unspecified atom stereocenters. The molecule has 2 aromatic heterocycles. The van der Waals surface area contributed by atoms with Crippen LogP contribution >= 0.6 is 0 Å². The highest BCUT2D eigenvalue weighted by Gasteiger charge is 2.27. The van der Waals surface area contributed by atoms with Crippen LogP contribution in [0.25, 0.3) is 22.4 Å². The molecule has 0 saturated carbocycles. The average Bonchev–Trinajstić information content (AvgIpc) is 3.36. The van der Waals surface area contributed by atoms with Gasteiger partial charge < -0.3 is 9.64 Å². The average molecular weight is 606 g/mol. The number of benzene rings is 3. The molecule has 0 N–H and O–H groups in total. The molecular formula is C32H30F3N5O4.